The zero-order valence-corrected chi connectivity index (χ0v) is 12.6. The standard InChI is InChI=1S/C16H16ClNO3/c1-20-14-7-11(8-15(9-14)21-2)10-18-16(19)12-3-5-13(17)6-4-12/h3-9H,10H2,1-2H3,(H,18,19). The number of benzene rings is 2. The second-order valence-corrected chi connectivity index (χ2v) is 4.85. The Balaban J connectivity index is 2.05. The van der Waals surface area contributed by atoms with Gasteiger partial charge in [-0.1, -0.05) is 11.6 Å². The van der Waals surface area contributed by atoms with Crippen LogP contribution in [0.25, 0.3) is 0 Å². The molecule has 2 rings (SSSR count). The van der Waals surface area contributed by atoms with Crippen LogP contribution in [0.15, 0.2) is 42.5 Å². The molecule has 0 aromatic heterocycles. The molecule has 0 bridgehead atoms. The number of ether oxygens (including phenoxy) is 2. The molecular formula is C16H16ClNO3. The lowest BCUT2D eigenvalue weighted by Gasteiger charge is -2.09. The Morgan fingerprint density at radius 3 is 2.14 bits per heavy atom. The summed E-state index contributed by atoms with van der Waals surface area (Å²) in [6, 6.07) is 12.2. The number of hydrogen-bond donors (Lipinski definition) is 1. The molecule has 0 spiro atoms. The van der Waals surface area contributed by atoms with E-state index in [0.29, 0.717) is 28.6 Å². The Bertz CT molecular complexity index is 604. The van der Waals surface area contributed by atoms with Gasteiger partial charge >= 0.3 is 0 Å². The third-order valence-electron chi connectivity index (χ3n) is 2.97. The normalized spacial score (nSPS) is 10.0. The maximum absolute atomic E-state index is 12.0. The van der Waals surface area contributed by atoms with E-state index < -0.39 is 0 Å². The molecule has 0 aliphatic carbocycles. The van der Waals surface area contributed by atoms with Gasteiger partial charge in [-0.3, -0.25) is 4.79 Å². The predicted molar refractivity (Wildman–Crippen MR) is 82.2 cm³/mol. The minimum Gasteiger partial charge on any atom is -0.497 e. The average Bonchev–Trinajstić information content (AvgIpc) is 2.52. The summed E-state index contributed by atoms with van der Waals surface area (Å²) < 4.78 is 10.4. The first-order chi connectivity index (χ1) is 10.1. The van der Waals surface area contributed by atoms with Gasteiger partial charge in [-0.2, -0.15) is 0 Å². The predicted octanol–water partition coefficient (Wildman–Crippen LogP) is 3.29. The summed E-state index contributed by atoms with van der Waals surface area (Å²) in [6.45, 7) is 0.384. The minimum absolute atomic E-state index is 0.159. The quantitative estimate of drug-likeness (QED) is 0.922. The van der Waals surface area contributed by atoms with Crippen LogP contribution in [0.5, 0.6) is 11.5 Å². The van der Waals surface area contributed by atoms with Crippen LogP contribution in [-0.4, -0.2) is 20.1 Å². The smallest absolute Gasteiger partial charge is 0.251 e. The van der Waals surface area contributed by atoms with Crippen molar-refractivity contribution in [2.45, 2.75) is 6.54 Å². The zero-order valence-electron chi connectivity index (χ0n) is 11.9. The van der Waals surface area contributed by atoms with Crippen LogP contribution in [0.3, 0.4) is 0 Å². The van der Waals surface area contributed by atoms with Gasteiger partial charge in [-0.25, -0.2) is 0 Å². The Hall–Kier alpha value is -2.20. The van der Waals surface area contributed by atoms with Crippen molar-refractivity contribution in [3.05, 3.63) is 58.6 Å². The van der Waals surface area contributed by atoms with Gasteiger partial charge < -0.3 is 14.8 Å². The average molecular weight is 306 g/mol. The van der Waals surface area contributed by atoms with E-state index in [1.807, 2.05) is 12.1 Å². The topological polar surface area (TPSA) is 47.6 Å². The van der Waals surface area contributed by atoms with E-state index in [-0.39, 0.29) is 5.91 Å². The van der Waals surface area contributed by atoms with E-state index in [1.54, 1.807) is 44.6 Å². The van der Waals surface area contributed by atoms with E-state index in [1.165, 1.54) is 0 Å². The maximum Gasteiger partial charge on any atom is 0.251 e. The number of amides is 1. The van der Waals surface area contributed by atoms with Crippen molar-refractivity contribution in [2.75, 3.05) is 14.2 Å². The van der Waals surface area contributed by atoms with Crippen LogP contribution in [0, 0.1) is 0 Å². The lowest BCUT2D eigenvalue weighted by atomic mass is 10.1. The second-order valence-electron chi connectivity index (χ2n) is 4.41. The molecule has 0 atom stereocenters. The summed E-state index contributed by atoms with van der Waals surface area (Å²) in [7, 11) is 3.18. The van der Waals surface area contributed by atoms with E-state index >= 15 is 0 Å². The van der Waals surface area contributed by atoms with Crippen molar-refractivity contribution in [1.82, 2.24) is 5.32 Å². The van der Waals surface area contributed by atoms with Gasteiger partial charge in [0.05, 0.1) is 14.2 Å². The van der Waals surface area contributed by atoms with Crippen LogP contribution in [0.4, 0.5) is 0 Å². The molecule has 2 aromatic carbocycles. The van der Waals surface area contributed by atoms with Gasteiger partial charge in [0.25, 0.3) is 5.91 Å². The summed E-state index contributed by atoms with van der Waals surface area (Å²) in [5, 5.41) is 3.45. The molecule has 1 N–H and O–H groups in total. The van der Waals surface area contributed by atoms with Crippen LogP contribution < -0.4 is 14.8 Å². The maximum atomic E-state index is 12.0. The lowest BCUT2D eigenvalue weighted by molar-refractivity contribution is 0.0951. The van der Waals surface area contributed by atoms with Gasteiger partial charge in [0.1, 0.15) is 11.5 Å². The van der Waals surface area contributed by atoms with Crippen LogP contribution in [0.1, 0.15) is 15.9 Å². The molecule has 0 radical (unpaired) electrons. The first-order valence-electron chi connectivity index (χ1n) is 6.38. The molecule has 0 heterocycles. The van der Waals surface area contributed by atoms with Crippen molar-refractivity contribution in [1.29, 1.82) is 0 Å². The van der Waals surface area contributed by atoms with Crippen molar-refractivity contribution in [3.63, 3.8) is 0 Å². The molecule has 0 aliphatic rings. The number of hydrogen-bond acceptors (Lipinski definition) is 3. The molecule has 2 aromatic rings. The van der Waals surface area contributed by atoms with Crippen LogP contribution in [0.2, 0.25) is 5.02 Å². The largest absolute Gasteiger partial charge is 0.497 e. The third kappa shape index (κ3) is 4.13. The minimum atomic E-state index is -0.159. The molecule has 0 aliphatic heterocycles. The fraction of sp³-hybridized carbons (Fsp3) is 0.188. The van der Waals surface area contributed by atoms with E-state index in [4.69, 9.17) is 21.1 Å². The number of rotatable bonds is 5. The number of nitrogens with one attached hydrogen (secondary N) is 1. The van der Waals surface area contributed by atoms with Gasteiger partial charge in [0, 0.05) is 23.2 Å². The van der Waals surface area contributed by atoms with Crippen LogP contribution in [-0.2, 0) is 6.54 Å². The molecule has 21 heavy (non-hydrogen) atoms. The van der Waals surface area contributed by atoms with Crippen molar-refractivity contribution >= 4 is 17.5 Å². The summed E-state index contributed by atoms with van der Waals surface area (Å²) in [4.78, 5) is 12.0. The molecule has 5 heteroatoms. The Morgan fingerprint density at radius 2 is 1.62 bits per heavy atom. The van der Waals surface area contributed by atoms with E-state index in [9.17, 15) is 4.79 Å². The van der Waals surface area contributed by atoms with E-state index in [0.717, 1.165) is 5.56 Å². The highest BCUT2D eigenvalue weighted by Gasteiger charge is 2.07. The molecule has 110 valence electrons. The summed E-state index contributed by atoms with van der Waals surface area (Å²) >= 11 is 5.80. The number of carbonyl (C=O) groups is 1. The highest BCUT2D eigenvalue weighted by Crippen LogP contribution is 2.22. The van der Waals surface area contributed by atoms with Gasteiger partial charge in [-0.05, 0) is 42.0 Å². The number of methoxy groups -OCH3 is 2. The van der Waals surface area contributed by atoms with Crippen molar-refractivity contribution in [3.8, 4) is 11.5 Å². The lowest BCUT2D eigenvalue weighted by Crippen LogP contribution is -2.22. The molecule has 4 nitrogen and oxygen atoms in total. The van der Waals surface area contributed by atoms with Gasteiger partial charge in [-0.15, -0.1) is 0 Å². The Morgan fingerprint density at radius 1 is 1.05 bits per heavy atom. The molecule has 0 saturated carbocycles. The summed E-state index contributed by atoms with van der Waals surface area (Å²) in [6.07, 6.45) is 0. The number of carbonyl (C=O) groups excluding carboxylic acids is 1. The molecule has 0 saturated heterocycles. The Labute approximate surface area is 128 Å². The first-order valence-corrected chi connectivity index (χ1v) is 6.76. The summed E-state index contributed by atoms with van der Waals surface area (Å²) in [5.74, 6) is 1.21. The van der Waals surface area contributed by atoms with E-state index in [2.05, 4.69) is 5.32 Å². The fourth-order valence-electron chi connectivity index (χ4n) is 1.85. The van der Waals surface area contributed by atoms with Gasteiger partial charge in [0.15, 0.2) is 0 Å². The monoisotopic (exact) mass is 305 g/mol. The van der Waals surface area contributed by atoms with Gasteiger partial charge in [0.2, 0.25) is 0 Å². The highest BCUT2D eigenvalue weighted by molar-refractivity contribution is 6.30. The molecule has 1 amide bonds. The first kappa shape index (κ1) is 15.2. The SMILES string of the molecule is COc1cc(CNC(=O)c2ccc(Cl)cc2)cc(OC)c1. The second kappa shape index (κ2) is 6.99. The molecule has 0 fully saturated rings. The van der Waals surface area contributed by atoms with Crippen molar-refractivity contribution in [2.24, 2.45) is 0 Å². The fourth-order valence-corrected chi connectivity index (χ4v) is 1.98. The molecule has 0 unspecified atom stereocenters. The molecular weight excluding hydrogens is 290 g/mol. The highest BCUT2D eigenvalue weighted by atomic mass is 35.5. The summed E-state index contributed by atoms with van der Waals surface area (Å²) in [5.41, 5.74) is 1.46. The van der Waals surface area contributed by atoms with Crippen LogP contribution >= 0.6 is 11.6 Å². The zero-order chi connectivity index (χ0) is 15.2. The number of halogens is 1. The third-order valence-corrected chi connectivity index (χ3v) is 3.22. The Kier molecular flexibility index (Phi) is 5.06. The van der Waals surface area contributed by atoms with Crippen molar-refractivity contribution < 1.29 is 14.3 Å².